The van der Waals surface area contributed by atoms with E-state index in [4.69, 9.17) is 4.74 Å². The zero-order chi connectivity index (χ0) is 18.2. The smallest absolute Gasteiger partial charge is 0.409 e. The van der Waals surface area contributed by atoms with Gasteiger partial charge in [-0.05, 0) is 19.9 Å². The number of hydrogen-bond donors (Lipinski definition) is 0. The fourth-order valence-electron chi connectivity index (χ4n) is 2.90. The normalized spacial score (nSPS) is 16.4. The summed E-state index contributed by atoms with van der Waals surface area (Å²) in [5, 5.41) is 4.98. The van der Waals surface area contributed by atoms with Gasteiger partial charge in [-0.25, -0.2) is 18.2 Å². The number of rotatable bonds is 3. The summed E-state index contributed by atoms with van der Waals surface area (Å²) in [7, 11) is -1.90. The van der Waals surface area contributed by atoms with Crippen molar-refractivity contribution in [3.63, 3.8) is 0 Å². The maximum absolute atomic E-state index is 12.9. The van der Waals surface area contributed by atoms with Gasteiger partial charge < -0.3 is 9.64 Å². The molecule has 1 aliphatic heterocycles. The molecule has 0 bridgehead atoms. The van der Waals surface area contributed by atoms with Crippen molar-refractivity contribution < 1.29 is 17.9 Å². The minimum atomic E-state index is -3.67. The Labute approximate surface area is 146 Å². The number of ether oxygens (including phenoxy) is 1. The second-order valence-corrected chi connectivity index (χ2v) is 7.78. The minimum absolute atomic E-state index is 0.140. The van der Waals surface area contributed by atoms with Gasteiger partial charge in [-0.2, -0.15) is 9.40 Å². The van der Waals surface area contributed by atoms with Gasteiger partial charge in [0.2, 0.25) is 10.0 Å². The van der Waals surface area contributed by atoms with Gasteiger partial charge >= 0.3 is 6.09 Å². The molecule has 3 heterocycles. The zero-order valence-corrected chi connectivity index (χ0v) is 15.3. The molecular weight excluding hydrogens is 346 g/mol. The number of aromatic nitrogens is 3. The lowest BCUT2D eigenvalue weighted by atomic mass is 10.3. The summed E-state index contributed by atoms with van der Waals surface area (Å²) >= 11 is 0. The molecule has 0 radical (unpaired) electrons. The van der Waals surface area contributed by atoms with Gasteiger partial charge in [-0.3, -0.25) is 4.68 Å². The Morgan fingerprint density at radius 1 is 1.28 bits per heavy atom. The van der Waals surface area contributed by atoms with Crippen LogP contribution in [0.5, 0.6) is 0 Å². The molecule has 10 heteroatoms. The number of carbonyl (C=O) groups is 1. The molecule has 2 aromatic heterocycles. The highest BCUT2D eigenvalue weighted by atomic mass is 32.2. The molecule has 136 valence electrons. The number of aryl methyl sites for hydroxylation is 2. The van der Waals surface area contributed by atoms with Gasteiger partial charge in [0.25, 0.3) is 0 Å². The standard InChI is InChI=1S/C15H21N5O4S/c1-4-24-15(21)19-5-7-20(8-6-19)25(22,23)12-9-13-11(2)17-18(3)14(13)16-10-12/h9-10H,4-8H2,1-3H3. The Bertz CT molecular complexity index is 900. The molecule has 25 heavy (non-hydrogen) atoms. The monoisotopic (exact) mass is 367 g/mol. The number of nitrogens with zero attached hydrogens (tertiary/aromatic N) is 5. The van der Waals surface area contributed by atoms with E-state index in [-0.39, 0.29) is 18.0 Å². The van der Waals surface area contributed by atoms with E-state index in [1.165, 1.54) is 15.4 Å². The summed E-state index contributed by atoms with van der Waals surface area (Å²) in [6, 6.07) is 1.61. The predicted octanol–water partition coefficient (Wildman–Crippen LogP) is 0.740. The van der Waals surface area contributed by atoms with E-state index in [2.05, 4.69) is 10.1 Å². The van der Waals surface area contributed by atoms with Gasteiger partial charge in [-0.15, -0.1) is 0 Å². The molecule has 1 fully saturated rings. The quantitative estimate of drug-likeness (QED) is 0.794. The number of piperazine rings is 1. The molecular formula is C15H21N5O4S. The van der Waals surface area contributed by atoms with Crippen molar-refractivity contribution >= 4 is 27.1 Å². The molecule has 0 saturated carbocycles. The molecule has 0 N–H and O–H groups in total. The number of fused-ring (bicyclic) bond motifs is 1. The average Bonchev–Trinajstić information content (AvgIpc) is 2.89. The van der Waals surface area contributed by atoms with Gasteiger partial charge in [0.05, 0.1) is 12.3 Å². The third-order valence-electron chi connectivity index (χ3n) is 4.24. The highest BCUT2D eigenvalue weighted by Gasteiger charge is 2.31. The van der Waals surface area contributed by atoms with E-state index >= 15 is 0 Å². The first kappa shape index (κ1) is 17.6. The number of hydrogen-bond acceptors (Lipinski definition) is 6. The van der Waals surface area contributed by atoms with E-state index in [1.54, 1.807) is 24.7 Å². The molecule has 0 spiro atoms. The third kappa shape index (κ3) is 3.19. The lowest BCUT2D eigenvalue weighted by Crippen LogP contribution is -2.50. The predicted molar refractivity (Wildman–Crippen MR) is 90.6 cm³/mol. The minimum Gasteiger partial charge on any atom is -0.450 e. The molecule has 2 aromatic rings. The Hall–Kier alpha value is -2.20. The van der Waals surface area contributed by atoms with Crippen molar-refractivity contribution in [2.45, 2.75) is 18.7 Å². The van der Waals surface area contributed by atoms with Gasteiger partial charge in [0.15, 0.2) is 5.65 Å². The second kappa shape index (κ2) is 6.60. The molecule has 1 aliphatic rings. The summed E-state index contributed by atoms with van der Waals surface area (Å²) < 4.78 is 33.7. The van der Waals surface area contributed by atoms with Gasteiger partial charge in [0, 0.05) is 44.8 Å². The average molecular weight is 367 g/mol. The third-order valence-corrected chi connectivity index (χ3v) is 6.10. The van der Waals surface area contributed by atoms with Crippen LogP contribution < -0.4 is 0 Å². The van der Waals surface area contributed by atoms with Gasteiger partial charge in [-0.1, -0.05) is 0 Å². The lowest BCUT2D eigenvalue weighted by Gasteiger charge is -2.33. The molecule has 9 nitrogen and oxygen atoms in total. The van der Waals surface area contributed by atoms with Crippen molar-refractivity contribution in [1.82, 2.24) is 24.0 Å². The van der Waals surface area contributed by atoms with Crippen LogP contribution in [0.4, 0.5) is 4.79 Å². The molecule has 3 rings (SSSR count). The summed E-state index contributed by atoms with van der Waals surface area (Å²) in [6.45, 7) is 4.92. The number of pyridine rings is 1. The number of amides is 1. The first-order valence-electron chi connectivity index (χ1n) is 8.05. The fourth-order valence-corrected chi connectivity index (χ4v) is 4.30. The van der Waals surface area contributed by atoms with Crippen molar-refractivity contribution in [3.05, 3.63) is 18.0 Å². The van der Waals surface area contributed by atoms with Crippen LogP contribution in [0.25, 0.3) is 11.0 Å². The van der Waals surface area contributed by atoms with Crippen LogP contribution in [0.3, 0.4) is 0 Å². The fraction of sp³-hybridized carbons (Fsp3) is 0.533. The first-order valence-corrected chi connectivity index (χ1v) is 9.49. The zero-order valence-electron chi connectivity index (χ0n) is 14.5. The topological polar surface area (TPSA) is 97.6 Å². The van der Waals surface area contributed by atoms with Crippen molar-refractivity contribution in [2.75, 3.05) is 32.8 Å². The lowest BCUT2D eigenvalue weighted by molar-refractivity contribution is 0.0934. The summed E-state index contributed by atoms with van der Waals surface area (Å²) in [5.41, 5.74) is 1.37. The van der Waals surface area contributed by atoms with Crippen LogP contribution in [0.2, 0.25) is 0 Å². The maximum atomic E-state index is 12.9. The molecule has 0 aliphatic carbocycles. The van der Waals surface area contributed by atoms with Crippen molar-refractivity contribution in [3.8, 4) is 0 Å². The molecule has 1 saturated heterocycles. The second-order valence-electron chi connectivity index (χ2n) is 5.84. The first-order chi connectivity index (χ1) is 11.8. The van der Waals surface area contributed by atoms with E-state index < -0.39 is 16.1 Å². The molecule has 1 amide bonds. The summed E-state index contributed by atoms with van der Waals surface area (Å²) in [4.78, 5) is 17.6. The number of carbonyl (C=O) groups excluding carboxylic acids is 1. The Balaban J connectivity index is 1.81. The van der Waals surface area contributed by atoms with Gasteiger partial charge in [0.1, 0.15) is 4.90 Å². The summed E-state index contributed by atoms with van der Waals surface area (Å²) in [6.07, 6.45) is 0.949. The number of sulfonamides is 1. The van der Waals surface area contributed by atoms with Crippen LogP contribution in [0.1, 0.15) is 12.6 Å². The largest absolute Gasteiger partial charge is 0.450 e. The highest BCUT2D eigenvalue weighted by Crippen LogP contribution is 2.22. The maximum Gasteiger partial charge on any atom is 0.409 e. The Morgan fingerprint density at radius 3 is 2.60 bits per heavy atom. The summed E-state index contributed by atoms with van der Waals surface area (Å²) in [5.74, 6) is 0. The molecule has 0 atom stereocenters. The van der Waals surface area contributed by atoms with E-state index in [9.17, 15) is 13.2 Å². The molecule has 0 aromatic carbocycles. The van der Waals surface area contributed by atoms with E-state index in [0.29, 0.717) is 30.7 Å². The van der Waals surface area contributed by atoms with Crippen LogP contribution in [-0.4, -0.2) is 71.3 Å². The molecule has 0 unspecified atom stereocenters. The van der Waals surface area contributed by atoms with E-state index in [0.717, 1.165) is 5.69 Å². The van der Waals surface area contributed by atoms with Crippen molar-refractivity contribution in [1.29, 1.82) is 0 Å². The van der Waals surface area contributed by atoms with Crippen molar-refractivity contribution in [2.24, 2.45) is 7.05 Å². The Morgan fingerprint density at radius 2 is 1.96 bits per heavy atom. The Kier molecular flexibility index (Phi) is 4.65. The SMILES string of the molecule is CCOC(=O)N1CCN(S(=O)(=O)c2cnc3c(c2)c(C)nn3C)CC1. The van der Waals surface area contributed by atoms with Crippen LogP contribution in [0, 0.1) is 6.92 Å². The highest BCUT2D eigenvalue weighted by molar-refractivity contribution is 7.89. The van der Waals surface area contributed by atoms with E-state index in [1.807, 2.05) is 6.92 Å². The van der Waals surface area contributed by atoms with Crippen LogP contribution >= 0.6 is 0 Å². The van der Waals surface area contributed by atoms with Crippen LogP contribution in [-0.2, 0) is 21.8 Å². The van der Waals surface area contributed by atoms with Crippen LogP contribution in [0.15, 0.2) is 17.2 Å².